The number of aryl methyl sites for hydroxylation is 1. The van der Waals surface area contributed by atoms with Gasteiger partial charge in [0.25, 0.3) is 0 Å². The van der Waals surface area contributed by atoms with Crippen LogP contribution in [0.4, 0.5) is 5.95 Å². The van der Waals surface area contributed by atoms with Crippen LogP contribution in [-0.2, 0) is 18.3 Å². The standard InChI is InChI=1S/C16H15N3O/c1-19-14-10-6-5-9-13(14)17-16(19)18-15(20)11-12-7-3-2-4-8-12/h2-10H,11H2,1H3,(H,17,18,20). The van der Waals surface area contributed by atoms with Crippen LogP contribution in [0, 0.1) is 0 Å². The monoisotopic (exact) mass is 265 g/mol. The third-order valence-electron chi connectivity index (χ3n) is 3.25. The van der Waals surface area contributed by atoms with E-state index < -0.39 is 0 Å². The van der Waals surface area contributed by atoms with Gasteiger partial charge < -0.3 is 4.57 Å². The van der Waals surface area contributed by atoms with Gasteiger partial charge in [0.1, 0.15) is 0 Å². The minimum Gasteiger partial charge on any atom is -0.313 e. The zero-order chi connectivity index (χ0) is 13.9. The molecule has 4 heteroatoms. The fourth-order valence-corrected chi connectivity index (χ4v) is 2.21. The molecule has 0 bridgehead atoms. The van der Waals surface area contributed by atoms with Crippen LogP contribution in [0.25, 0.3) is 11.0 Å². The van der Waals surface area contributed by atoms with Crippen LogP contribution in [0.5, 0.6) is 0 Å². The Balaban J connectivity index is 1.79. The van der Waals surface area contributed by atoms with Crippen molar-refractivity contribution in [1.82, 2.24) is 9.55 Å². The Hall–Kier alpha value is -2.62. The third kappa shape index (κ3) is 2.40. The molecule has 1 N–H and O–H groups in total. The van der Waals surface area contributed by atoms with Gasteiger partial charge >= 0.3 is 0 Å². The smallest absolute Gasteiger partial charge is 0.231 e. The Bertz CT molecular complexity index is 747. The molecule has 4 nitrogen and oxygen atoms in total. The predicted molar refractivity (Wildman–Crippen MR) is 79.5 cm³/mol. The molecule has 0 fully saturated rings. The minimum atomic E-state index is -0.0605. The SMILES string of the molecule is Cn1c(NC(=O)Cc2ccccc2)nc2ccccc21. The van der Waals surface area contributed by atoms with E-state index in [-0.39, 0.29) is 5.91 Å². The average molecular weight is 265 g/mol. The van der Waals surface area contributed by atoms with Gasteiger partial charge in [0, 0.05) is 7.05 Å². The van der Waals surface area contributed by atoms with Gasteiger partial charge in [-0.05, 0) is 17.7 Å². The highest BCUT2D eigenvalue weighted by Crippen LogP contribution is 2.17. The number of fused-ring (bicyclic) bond motifs is 1. The van der Waals surface area contributed by atoms with E-state index in [1.165, 1.54) is 0 Å². The van der Waals surface area contributed by atoms with E-state index in [2.05, 4.69) is 10.3 Å². The number of rotatable bonds is 3. The summed E-state index contributed by atoms with van der Waals surface area (Å²) in [6, 6.07) is 17.5. The number of nitrogens with one attached hydrogen (secondary N) is 1. The van der Waals surface area contributed by atoms with Crippen LogP contribution in [-0.4, -0.2) is 15.5 Å². The predicted octanol–water partition coefficient (Wildman–Crippen LogP) is 2.75. The van der Waals surface area contributed by atoms with Crippen LogP contribution in [0.1, 0.15) is 5.56 Å². The number of hydrogen-bond donors (Lipinski definition) is 1. The number of benzene rings is 2. The summed E-state index contributed by atoms with van der Waals surface area (Å²) in [5, 5.41) is 2.86. The lowest BCUT2D eigenvalue weighted by Crippen LogP contribution is -2.17. The summed E-state index contributed by atoms with van der Waals surface area (Å²) in [5.41, 5.74) is 2.87. The molecule has 0 unspecified atom stereocenters. The molecule has 3 aromatic rings. The fourth-order valence-electron chi connectivity index (χ4n) is 2.21. The lowest BCUT2D eigenvalue weighted by molar-refractivity contribution is -0.115. The second-order valence-electron chi connectivity index (χ2n) is 4.69. The Morgan fingerprint density at radius 1 is 1.10 bits per heavy atom. The van der Waals surface area contributed by atoms with Gasteiger partial charge in [-0.25, -0.2) is 4.98 Å². The van der Waals surface area contributed by atoms with Gasteiger partial charge in [0.05, 0.1) is 17.5 Å². The van der Waals surface area contributed by atoms with Gasteiger partial charge in [-0.2, -0.15) is 0 Å². The van der Waals surface area contributed by atoms with Crippen molar-refractivity contribution in [2.45, 2.75) is 6.42 Å². The summed E-state index contributed by atoms with van der Waals surface area (Å²) in [5.74, 6) is 0.515. The lowest BCUT2D eigenvalue weighted by atomic mass is 10.1. The molecule has 0 saturated heterocycles. The first-order valence-corrected chi connectivity index (χ1v) is 6.49. The molecule has 0 saturated carbocycles. The third-order valence-corrected chi connectivity index (χ3v) is 3.25. The first-order valence-electron chi connectivity index (χ1n) is 6.49. The number of hydrogen-bond acceptors (Lipinski definition) is 2. The Kier molecular flexibility index (Phi) is 3.21. The van der Waals surface area contributed by atoms with Crippen LogP contribution in [0.3, 0.4) is 0 Å². The molecular formula is C16H15N3O. The molecule has 0 spiro atoms. The molecule has 0 radical (unpaired) electrons. The molecule has 0 aliphatic carbocycles. The van der Waals surface area contributed by atoms with Gasteiger partial charge in [-0.15, -0.1) is 0 Å². The Morgan fingerprint density at radius 2 is 1.80 bits per heavy atom. The molecular weight excluding hydrogens is 250 g/mol. The van der Waals surface area contributed by atoms with Crippen LogP contribution >= 0.6 is 0 Å². The lowest BCUT2D eigenvalue weighted by Gasteiger charge is -2.05. The number of anilines is 1. The van der Waals surface area contributed by atoms with Crippen LogP contribution in [0.2, 0.25) is 0 Å². The molecule has 0 aliphatic rings. The van der Waals surface area contributed by atoms with E-state index >= 15 is 0 Å². The maximum absolute atomic E-state index is 12.0. The van der Waals surface area contributed by atoms with Crippen molar-refractivity contribution < 1.29 is 4.79 Å². The normalized spacial score (nSPS) is 10.7. The van der Waals surface area contributed by atoms with Crippen molar-refractivity contribution in [2.24, 2.45) is 7.05 Å². The summed E-state index contributed by atoms with van der Waals surface area (Å²) in [6.45, 7) is 0. The highest BCUT2D eigenvalue weighted by atomic mass is 16.1. The molecule has 1 aromatic heterocycles. The molecule has 0 aliphatic heterocycles. The summed E-state index contributed by atoms with van der Waals surface area (Å²) in [4.78, 5) is 16.5. The van der Waals surface area contributed by atoms with E-state index in [0.717, 1.165) is 16.6 Å². The van der Waals surface area contributed by atoms with Crippen LogP contribution < -0.4 is 5.32 Å². The Morgan fingerprint density at radius 3 is 2.55 bits per heavy atom. The molecule has 1 amide bonds. The highest BCUT2D eigenvalue weighted by molar-refractivity contribution is 5.92. The highest BCUT2D eigenvalue weighted by Gasteiger charge is 2.10. The average Bonchev–Trinajstić information content (AvgIpc) is 2.77. The van der Waals surface area contributed by atoms with E-state index in [0.29, 0.717) is 12.4 Å². The quantitative estimate of drug-likeness (QED) is 0.791. The summed E-state index contributed by atoms with van der Waals surface area (Å²) < 4.78 is 1.89. The summed E-state index contributed by atoms with van der Waals surface area (Å²) in [7, 11) is 1.90. The van der Waals surface area contributed by atoms with E-state index in [4.69, 9.17) is 0 Å². The van der Waals surface area contributed by atoms with Crippen molar-refractivity contribution in [3.05, 3.63) is 60.2 Å². The maximum atomic E-state index is 12.0. The molecule has 0 atom stereocenters. The number of amides is 1. The minimum absolute atomic E-state index is 0.0605. The fraction of sp³-hybridized carbons (Fsp3) is 0.125. The maximum Gasteiger partial charge on any atom is 0.231 e. The number of nitrogens with zero attached hydrogens (tertiary/aromatic N) is 2. The first kappa shape index (κ1) is 12.4. The van der Waals surface area contributed by atoms with Crippen molar-refractivity contribution in [3.8, 4) is 0 Å². The number of aromatic nitrogens is 2. The number of carbonyl (C=O) groups is 1. The van der Waals surface area contributed by atoms with Crippen LogP contribution in [0.15, 0.2) is 54.6 Å². The van der Waals surface area contributed by atoms with Gasteiger partial charge in [-0.3, -0.25) is 10.1 Å². The second kappa shape index (κ2) is 5.17. The van der Waals surface area contributed by atoms with E-state index in [1.54, 1.807) is 0 Å². The zero-order valence-corrected chi connectivity index (χ0v) is 11.2. The zero-order valence-electron chi connectivity index (χ0n) is 11.2. The number of para-hydroxylation sites is 2. The molecule has 100 valence electrons. The first-order chi connectivity index (χ1) is 9.74. The number of imidazole rings is 1. The topological polar surface area (TPSA) is 46.9 Å². The van der Waals surface area contributed by atoms with E-state index in [1.807, 2.05) is 66.2 Å². The molecule has 2 aromatic carbocycles. The van der Waals surface area contributed by atoms with E-state index in [9.17, 15) is 4.79 Å². The van der Waals surface area contributed by atoms with Crippen molar-refractivity contribution in [2.75, 3.05) is 5.32 Å². The van der Waals surface area contributed by atoms with Crippen molar-refractivity contribution in [1.29, 1.82) is 0 Å². The summed E-state index contributed by atoms with van der Waals surface area (Å²) in [6.07, 6.45) is 0.351. The summed E-state index contributed by atoms with van der Waals surface area (Å²) >= 11 is 0. The van der Waals surface area contributed by atoms with Crippen molar-refractivity contribution in [3.63, 3.8) is 0 Å². The Labute approximate surface area is 117 Å². The molecule has 20 heavy (non-hydrogen) atoms. The van der Waals surface area contributed by atoms with Gasteiger partial charge in [-0.1, -0.05) is 42.5 Å². The van der Waals surface area contributed by atoms with Gasteiger partial charge in [0.2, 0.25) is 11.9 Å². The molecule has 1 heterocycles. The second-order valence-corrected chi connectivity index (χ2v) is 4.69. The molecule has 3 rings (SSSR count). The largest absolute Gasteiger partial charge is 0.313 e. The van der Waals surface area contributed by atoms with Gasteiger partial charge in [0.15, 0.2) is 0 Å². The number of carbonyl (C=O) groups excluding carboxylic acids is 1. The van der Waals surface area contributed by atoms with Crippen molar-refractivity contribution >= 4 is 22.9 Å².